The van der Waals surface area contributed by atoms with E-state index in [9.17, 15) is 16.8 Å². The minimum absolute atomic E-state index is 0.186. The molecule has 0 bridgehead atoms. The zero-order valence-electron chi connectivity index (χ0n) is 39.5. The molecule has 2 aliphatic rings. The van der Waals surface area contributed by atoms with Crippen molar-refractivity contribution in [2.75, 3.05) is 91.8 Å². The Bertz CT molecular complexity index is 2710. The largest absolute Gasteiger partial charge is 0.395 e. The number of nitrogens with one attached hydrogen (secondary N) is 2. The summed E-state index contributed by atoms with van der Waals surface area (Å²) in [7, 11) is -5.19. The van der Waals surface area contributed by atoms with Gasteiger partial charge in [-0.15, -0.1) is 22.7 Å². The Balaban J connectivity index is 0.000000202. The average Bonchev–Trinajstić information content (AvgIpc) is 4.05. The number of anilines is 4. The Morgan fingerprint density at radius 2 is 1.00 bits per heavy atom. The molecule has 6 aromatic rings. The molecule has 8 rings (SSSR count). The highest BCUT2D eigenvalue weighted by molar-refractivity contribution is 7.93. The van der Waals surface area contributed by atoms with Gasteiger partial charge in [0.15, 0.2) is 10.3 Å². The number of benzene rings is 4. The monoisotopic (exact) mass is 998 g/mol. The molecule has 0 atom stereocenters. The predicted octanol–water partition coefficient (Wildman–Crippen LogP) is 9.55. The first-order valence-corrected chi connectivity index (χ1v) is 28.5. The Kier molecular flexibility index (Phi) is 18.4. The molecular weight excluding hydrogens is 933 g/mol. The summed E-state index contributed by atoms with van der Waals surface area (Å²) in [5.74, 6) is 0. The summed E-state index contributed by atoms with van der Waals surface area (Å²) in [6.07, 6.45) is 8.90. The van der Waals surface area contributed by atoms with Crippen molar-refractivity contribution in [2.45, 2.75) is 75.0 Å². The number of β-amino-alcohol motifs (C(OH)–C–C–N with tert-alkyl or cyclic N) is 1. The van der Waals surface area contributed by atoms with Gasteiger partial charge in [-0.25, -0.2) is 26.8 Å². The standard InChI is InChI=1S/C26H34N4O3S2.C25H32N4O2S2/c1-2-3-4-6-21-9-11-24(12-10-21)35(32,33)28-23-8-5-7-22(19-23)25-20-34-26(27-25)30-15-13-29(14-16-30)17-18-31;1-3-4-5-7-20-10-12-23(13-11-20)33(30,31)27-22-9-6-8-21(18-22)24-19-32-25(26-24)29-16-14-28(2)15-17-29/h5,7-12,19-20,28,31H,2-4,6,13-18H2,1H3;6,8-13,18-19,27H,3-5,7,14-17H2,1-2H3. The molecule has 68 heavy (non-hydrogen) atoms. The van der Waals surface area contributed by atoms with Crippen molar-refractivity contribution in [3.05, 3.63) is 119 Å². The minimum atomic E-state index is -3.67. The van der Waals surface area contributed by atoms with E-state index in [1.165, 1.54) is 31.2 Å². The maximum atomic E-state index is 13.0. The topological polar surface area (TPSA) is 151 Å². The van der Waals surface area contributed by atoms with Crippen LogP contribution in [-0.4, -0.2) is 114 Å². The van der Waals surface area contributed by atoms with Crippen LogP contribution in [0.3, 0.4) is 0 Å². The van der Waals surface area contributed by atoms with Crippen molar-refractivity contribution in [2.24, 2.45) is 0 Å². The summed E-state index contributed by atoms with van der Waals surface area (Å²) in [5, 5.41) is 15.2. The van der Waals surface area contributed by atoms with Crippen molar-refractivity contribution >= 4 is 64.4 Å². The van der Waals surface area contributed by atoms with Crippen LogP contribution in [0.25, 0.3) is 22.5 Å². The number of aliphatic hydroxyl groups is 1. The second-order valence-electron chi connectivity index (χ2n) is 17.4. The van der Waals surface area contributed by atoms with Crippen LogP contribution in [0.1, 0.15) is 63.5 Å². The number of piperazine rings is 2. The van der Waals surface area contributed by atoms with Crippen LogP contribution < -0.4 is 19.2 Å². The highest BCUT2D eigenvalue weighted by Gasteiger charge is 2.21. The predicted molar refractivity (Wildman–Crippen MR) is 282 cm³/mol. The van der Waals surface area contributed by atoms with Gasteiger partial charge in [0.1, 0.15) is 0 Å². The van der Waals surface area contributed by atoms with Crippen molar-refractivity contribution in [3.8, 4) is 22.5 Å². The number of nitrogens with zero attached hydrogens (tertiary/aromatic N) is 6. The van der Waals surface area contributed by atoms with Gasteiger partial charge in [0.25, 0.3) is 20.0 Å². The lowest BCUT2D eigenvalue weighted by Gasteiger charge is -2.34. The lowest BCUT2D eigenvalue weighted by Crippen LogP contribution is -2.47. The van der Waals surface area contributed by atoms with Gasteiger partial charge in [-0.05, 0) is 92.4 Å². The Hall–Kier alpha value is -4.88. The fourth-order valence-electron chi connectivity index (χ4n) is 8.13. The Labute approximate surface area is 412 Å². The summed E-state index contributed by atoms with van der Waals surface area (Å²) in [4.78, 5) is 19.3. The molecule has 0 radical (unpaired) electrons. The third-order valence-electron chi connectivity index (χ3n) is 12.2. The van der Waals surface area contributed by atoms with E-state index in [-0.39, 0.29) is 16.4 Å². The number of hydrogen-bond donors (Lipinski definition) is 3. The first kappa shape index (κ1) is 51.0. The van der Waals surface area contributed by atoms with Gasteiger partial charge in [0.2, 0.25) is 0 Å². The molecule has 2 aliphatic heterocycles. The molecule has 3 N–H and O–H groups in total. The summed E-state index contributed by atoms with van der Waals surface area (Å²) >= 11 is 3.23. The molecule has 0 saturated carbocycles. The maximum Gasteiger partial charge on any atom is 0.261 e. The van der Waals surface area contributed by atoms with E-state index < -0.39 is 20.0 Å². The van der Waals surface area contributed by atoms with Crippen molar-refractivity contribution in [1.82, 2.24) is 19.8 Å². The number of likely N-dealkylation sites (N-methyl/N-ethyl adjacent to an activating group) is 1. The summed E-state index contributed by atoms with van der Waals surface area (Å²) < 4.78 is 57.2. The lowest BCUT2D eigenvalue weighted by molar-refractivity contribution is 0.189. The second kappa shape index (κ2) is 24.6. The van der Waals surface area contributed by atoms with Gasteiger partial charge in [0, 0.05) is 92.2 Å². The number of sulfonamides is 2. The number of aryl methyl sites for hydroxylation is 2. The van der Waals surface area contributed by atoms with Gasteiger partial charge in [-0.3, -0.25) is 14.3 Å². The molecule has 0 aliphatic carbocycles. The molecule has 364 valence electrons. The zero-order chi connectivity index (χ0) is 47.9. The lowest BCUT2D eigenvalue weighted by atomic mass is 10.1. The van der Waals surface area contributed by atoms with Crippen LogP contribution >= 0.6 is 22.7 Å². The molecule has 17 heteroatoms. The molecular formula is C51H66N8O5S4. The van der Waals surface area contributed by atoms with E-state index in [0.29, 0.717) is 17.9 Å². The summed E-state index contributed by atoms with van der Waals surface area (Å²) in [6.45, 7) is 12.8. The van der Waals surface area contributed by atoms with Crippen LogP contribution in [0.15, 0.2) is 118 Å². The number of aromatic nitrogens is 2. The number of hydrogen-bond acceptors (Lipinski definition) is 13. The number of unbranched alkanes of at least 4 members (excludes halogenated alkanes) is 4. The fraction of sp³-hybridized carbons (Fsp3) is 0.412. The fourth-order valence-corrected chi connectivity index (χ4v) is 12.0. The molecule has 13 nitrogen and oxygen atoms in total. The Morgan fingerprint density at radius 1 is 0.574 bits per heavy atom. The first-order valence-electron chi connectivity index (χ1n) is 23.8. The van der Waals surface area contributed by atoms with Crippen LogP contribution in [-0.2, 0) is 32.9 Å². The highest BCUT2D eigenvalue weighted by Crippen LogP contribution is 2.32. The molecule has 2 fully saturated rings. The van der Waals surface area contributed by atoms with Crippen molar-refractivity contribution < 1.29 is 21.9 Å². The molecule has 0 spiro atoms. The minimum Gasteiger partial charge on any atom is -0.395 e. The molecule has 0 amide bonds. The number of aliphatic hydroxyl groups excluding tert-OH is 1. The van der Waals surface area contributed by atoms with E-state index >= 15 is 0 Å². The van der Waals surface area contributed by atoms with Crippen molar-refractivity contribution in [3.63, 3.8) is 0 Å². The van der Waals surface area contributed by atoms with Gasteiger partial charge in [0.05, 0.1) is 27.8 Å². The van der Waals surface area contributed by atoms with E-state index in [0.717, 1.165) is 116 Å². The third kappa shape index (κ3) is 14.3. The Morgan fingerprint density at radius 3 is 1.41 bits per heavy atom. The molecule has 4 heterocycles. The van der Waals surface area contributed by atoms with Gasteiger partial charge < -0.3 is 19.8 Å². The quantitative estimate of drug-likeness (QED) is 0.0628. The van der Waals surface area contributed by atoms with Crippen LogP contribution in [0.5, 0.6) is 0 Å². The summed E-state index contributed by atoms with van der Waals surface area (Å²) in [5.41, 5.74) is 6.86. The van der Waals surface area contributed by atoms with Gasteiger partial charge in [-0.1, -0.05) is 88.1 Å². The normalized spacial score (nSPS) is 14.9. The molecule has 2 saturated heterocycles. The van der Waals surface area contributed by atoms with E-state index in [2.05, 4.69) is 49.9 Å². The maximum absolute atomic E-state index is 13.0. The third-order valence-corrected chi connectivity index (χ3v) is 16.8. The van der Waals surface area contributed by atoms with Gasteiger partial charge >= 0.3 is 0 Å². The van der Waals surface area contributed by atoms with Gasteiger partial charge in [-0.2, -0.15) is 0 Å². The van der Waals surface area contributed by atoms with Crippen LogP contribution in [0.2, 0.25) is 0 Å². The number of rotatable bonds is 20. The van der Waals surface area contributed by atoms with E-state index in [1.54, 1.807) is 59.1 Å². The average molecular weight is 999 g/mol. The number of thiazole rings is 2. The molecule has 0 unspecified atom stereocenters. The highest BCUT2D eigenvalue weighted by atomic mass is 32.2. The van der Waals surface area contributed by atoms with Crippen LogP contribution in [0, 0.1) is 0 Å². The van der Waals surface area contributed by atoms with Crippen molar-refractivity contribution in [1.29, 1.82) is 0 Å². The smallest absolute Gasteiger partial charge is 0.261 e. The summed E-state index contributed by atoms with van der Waals surface area (Å²) in [6, 6.07) is 29.2. The first-order chi connectivity index (χ1) is 32.9. The molecule has 4 aromatic carbocycles. The van der Waals surface area contributed by atoms with E-state index in [4.69, 9.17) is 15.1 Å². The SMILES string of the molecule is CCCCCc1ccc(S(=O)(=O)Nc2cccc(-c3csc(N4CCN(C)CC4)n3)c2)cc1.CCCCCc1ccc(S(=O)(=O)Nc2cccc(-c3csc(N4CCN(CCO)CC4)n3)c2)cc1. The van der Waals surface area contributed by atoms with Crippen LogP contribution in [0.4, 0.5) is 21.6 Å². The van der Waals surface area contributed by atoms with E-state index in [1.807, 2.05) is 71.4 Å². The zero-order valence-corrected chi connectivity index (χ0v) is 42.8. The molecule has 2 aromatic heterocycles. The second-order valence-corrected chi connectivity index (χ2v) is 22.5.